The normalized spacial score (nSPS) is 12.7. The third-order valence-corrected chi connectivity index (χ3v) is 3.39. The van der Waals surface area contributed by atoms with Crippen LogP contribution in [0.4, 0.5) is 0 Å². The Morgan fingerprint density at radius 2 is 2.24 bits per heavy atom. The molecule has 0 aliphatic rings. The van der Waals surface area contributed by atoms with Crippen molar-refractivity contribution < 1.29 is 5.11 Å². The van der Waals surface area contributed by atoms with Crippen LogP contribution in [0.5, 0.6) is 0 Å². The second kappa shape index (κ2) is 4.98. The fourth-order valence-electron chi connectivity index (χ4n) is 1.66. The van der Waals surface area contributed by atoms with Gasteiger partial charge in [0.1, 0.15) is 0 Å². The predicted octanol–water partition coefficient (Wildman–Crippen LogP) is 2.26. The molecular weight excluding hydrogens is 282 g/mol. The van der Waals surface area contributed by atoms with Crippen LogP contribution in [0.15, 0.2) is 28.9 Å². The molecule has 4 nitrogen and oxygen atoms in total. The second-order valence-corrected chi connectivity index (χ2v) is 4.95. The van der Waals surface area contributed by atoms with Gasteiger partial charge in [0.15, 0.2) is 0 Å². The number of halogens is 1. The van der Waals surface area contributed by atoms with E-state index in [1.54, 1.807) is 11.6 Å². The fraction of sp³-hybridized carbons (Fsp3) is 0.333. The largest absolute Gasteiger partial charge is 0.393 e. The van der Waals surface area contributed by atoms with Gasteiger partial charge in [-0.2, -0.15) is 0 Å². The Bertz CT molecular complexity index is 522. The highest BCUT2D eigenvalue weighted by Gasteiger charge is 2.08. The number of rotatable bonds is 3. The maximum Gasteiger partial charge on any atom is 0.0857 e. The maximum absolute atomic E-state index is 9.30. The summed E-state index contributed by atoms with van der Waals surface area (Å²) in [6, 6.07) is 5.94. The average molecular weight is 296 g/mol. The van der Waals surface area contributed by atoms with Crippen molar-refractivity contribution >= 4 is 15.9 Å². The van der Waals surface area contributed by atoms with Crippen molar-refractivity contribution in [2.24, 2.45) is 0 Å². The van der Waals surface area contributed by atoms with Gasteiger partial charge in [0, 0.05) is 10.9 Å². The highest BCUT2D eigenvalue weighted by molar-refractivity contribution is 9.10. The van der Waals surface area contributed by atoms with E-state index in [0.717, 1.165) is 21.4 Å². The SMILES string of the molecule is Cc1c(Br)cccc1-n1cc(CC(C)O)nn1. The van der Waals surface area contributed by atoms with E-state index >= 15 is 0 Å². The summed E-state index contributed by atoms with van der Waals surface area (Å²) in [7, 11) is 0. The molecule has 0 bridgehead atoms. The molecule has 0 aliphatic carbocycles. The summed E-state index contributed by atoms with van der Waals surface area (Å²) in [4.78, 5) is 0. The molecule has 0 aliphatic heterocycles. The molecular formula is C12H14BrN3O. The number of hydrogen-bond donors (Lipinski definition) is 1. The van der Waals surface area contributed by atoms with E-state index in [1.165, 1.54) is 0 Å². The van der Waals surface area contributed by atoms with Gasteiger partial charge in [0.05, 0.1) is 23.7 Å². The number of benzene rings is 1. The molecule has 1 heterocycles. The van der Waals surface area contributed by atoms with E-state index in [4.69, 9.17) is 0 Å². The number of nitrogens with zero attached hydrogens (tertiary/aromatic N) is 3. The van der Waals surface area contributed by atoms with Gasteiger partial charge in [0.25, 0.3) is 0 Å². The first-order chi connectivity index (χ1) is 8.08. The first-order valence-corrected chi connectivity index (χ1v) is 6.22. The molecule has 0 amide bonds. The molecule has 90 valence electrons. The van der Waals surface area contributed by atoms with Gasteiger partial charge in [-0.1, -0.05) is 27.2 Å². The topological polar surface area (TPSA) is 50.9 Å². The highest BCUT2D eigenvalue weighted by Crippen LogP contribution is 2.22. The van der Waals surface area contributed by atoms with E-state index in [1.807, 2.05) is 31.3 Å². The summed E-state index contributed by atoms with van der Waals surface area (Å²) in [6.45, 7) is 3.76. The maximum atomic E-state index is 9.30. The fourth-order valence-corrected chi connectivity index (χ4v) is 2.01. The van der Waals surface area contributed by atoms with Gasteiger partial charge < -0.3 is 5.11 Å². The Balaban J connectivity index is 2.34. The van der Waals surface area contributed by atoms with Crippen LogP contribution < -0.4 is 0 Å². The molecule has 17 heavy (non-hydrogen) atoms. The van der Waals surface area contributed by atoms with Gasteiger partial charge in [-0.05, 0) is 31.5 Å². The molecule has 1 N–H and O–H groups in total. The molecule has 1 unspecified atom stereocenters. The van der Waals surface area contributed by atoms with E-state index < -0.39 is 6.10 Å². The Hall–Kier alpha value is -1.20. The summed E-state index contributed by atoms with van der Waals surface area (Å²) in [5.41, 5.74) is 2.89. The number of hydrogen-bond acceptors (Lipinski definition) is 3. The molecule has 2 rings (SSSR count). The molecule has 2 aromatic rings. The van der Waals surface area contributed by atoms with E-state index in [9.17, 15) is 5.11 Å². The zero-order valence-corrected chi connectivity index (χ0v) is 11.3. The quantitative estimate of drug-likeness (QED) is 0.945. The molecule has 0 spiro atoms. The zero-order chi connectivity index (χ0) is 12.4. The van der Waals surface area contributed by atoms with Crippen LogP contribution in [-0.4, -0.2) is 26.2 Å². The summed E-state index contributed by atoms with van der Waals surface area (Å²) in [5, 5.41) is 17.4. The Kier molecular flexibility index (Phi) is 3.59. The molecule has 1 atom stereocenters. The van der Waals surface area contributed by atoms with Crippen molar-refractivity contribution in [3.05, 3.63) is 40.1 Å². The third-order valence-electron chi connectivity index (χ3n) is 2.53. The first kappa shape index (κ1) is 12.3. The van der Waals surface area contributed by atoms with E-state index in [0.29, 0.717) is 6.42 Å². The first-order valence-electron chi connectivity index (χ1n) is 5.42. The minimum Gasteiger partial charge on any atom is -0.393 e. The summed E-state index contributed by atoms with van der Waals surface area (Å²) >= 11 is 3.49. The standard InChI is InChI=1S/C12H14BrN3O/c1-8(17)6-10-7-16(15-14-10)12-5-3-4-11(13)9(12)2/h3-5,7-8,17H,6H2,1-2H3. The number of aliphatic hydroxyl groups is 1. The van der Waals surface area contributed by atoms with Gasteiger partial charge in [-0.3, -0.25) is 0 Å². The van der Waals surface area contributed by atoms with Crippen LogP contribution in [0.3, 0.4) is 0 Å². The van der Waals surface area contributed by atoms with Crippen LogP contribution in [0.25, 0.3) is 5.69 Å². The number of aromatic nitrogens is 3. The molecule has 0 fully saturated rings. The van der Waals surface area contributed by atoms with Crippen LogP contribution in [0.1, 0.15) is 18.2 Å². The molecule has 1 aromatic heterocycles. The number of aliphatic hydroxyl groups excluding tert-OH is 1. The predicted molar refractivity (Wildman–Crippen MR) is 69.2 cm³/mol. The van der Waals surface area contributed by atoms with Crippen LogP contribution in [0, 0.1) is 6.92 Å². The Morgan fingerprint density at radius 1 is 1.47 bits per heavy atom. The minimum absolute atomic E-state index is 0.399. The van der Waals surface area contributed by atoms with Crippen LogP contribution in [0.2, 0.25) is 0 Å². The third kappa shape index (κ3) is 2.73. The van der Waals surface area contributed by atoms with Crippen molar-refractivity contribution in [2.75, 3.05) is 0 Å². The van der Waals surface area contributed by atoms with Gasteiger partial charge >= 0.3 is 0 Å². The second-order valence-electron chi connectivity index (χ2n) is 4.09. The van der Waals surface area contributed by atoms with E-state index in [2.05, 4.69) is 26.2 Å². The Morgan fingerprint density at radius 3 is 2.94 bits per heavy atom. The summed E-state index contributed by atoms with van der Waals surface area (Å²) in [5.74, 6) is 0. The van der Waals surface area contributed by atoms with Crippen molar-refractivity contribution in [2.45, 2.75) is 26.4 Å². The van der Waals surface area contributed by atoms with Gasteiger partial charge in [-0.15, -0.1) is 5.10 Å². The molecule has 5 heteroatoms. The van der Waals surface area contributed by atoms with Crippen molar-refractivity contribution in [3.8, 4) is 5.69 Å². The van der Waals surface area contributed by atoms with Crippen LogP contribution >= 0.6 is 15.9 Å². The van der Waals surface area contributed by atoms with Crippen LogP contribution in [-0.2, 0) is 6.42 Å². The summed E-state index contributed by atoms with van der Waals surface area (Å²) in [6.07, 6.45) is 1.97. The highest BCUT2D eigenvalue weighted by atomic mass is 79.9. The lowest BCUT2D eigenvalue weighted by molar-refractivity contribution is 0.194. The smallest absolute Gasteiger partial charge is 0.0857 e. The van der Waals surface area contributed by atoms with Gasteiger partial charge in [-0.25, -0.2) is 4.68 Å². The molecule has 0 saturated heterocycles. The average Bonchev–Trinajstić information content (AvgIpc) is 2.69. The molecule has 0 saturated carbocycles. The monoisotopic (exact) mass is 295 g/mol. The minimum atomic E-state index is -0.399. The lowest BCUT2D eigenvalue weighted by Gasteiger charge is -2.06. The molecule has 1 aromatic carbocycles. The Labute approximate surface area is 108 Å². The summed E-state index contributed by atoms with van der Waals surface area (Å²) < 4.78 is 2.78. The van der Waals surface area contributed by atoms with Crippen molar-refractivity contribution in [1.82, 2.24) is 15.0 Å². The van der Waals surface area contributed by atoms with Crippen molar-refractivity contribution in [3.63, 3.8) is 0 Å². The lowest BCUT2D eigenvalue weighted by atomic mass is 10.2. The van der Waals surface area contributed by atoms with Gasteiger partial charge in [0.2, 0.25) is 0 Å². The zero-order valence-electron chi connectivity index (χ0n) is 9.76. The van der Waals surface area contributed by atoms with E-state index in [-0.39, 0.29) is 0 Å². The molecule has 0 radical (unpaired) electrons. The lowest BCUT2D eigenvalue weighted by Crippen LogP contribution is -2.04. The van der Waals surface area contributed by atoms with Crippen molar-refractivity contribution in [1.29, 1.82) is 0 Å².